The van der Waals surface area contributed by atoms with E-state index in [2.05, 4.69) is 13.8 Å². The van der Waals surface area contributed by atoms with E-state index in [1.807, 2.05) is 18.2 Å². The van der Waals surface area contributed by atoms with Crippen molar-refractivity contribution >= 4 is 0 Å². The Hall–Kier alpha value is -1.26. The Morgan fingerprint density at radius 1 is 1.26 bits per heavy atom. The van der Waals surface area contributed by atoms with Gasteiger partial charge in [0.15, 0.2) is 11.5 Å². The average Bonchev–Trinajstić information content (AvgIpc) is 2.86. The summed E-state index contributed by atoms with van der Waals surface area (Å²) < 4.78 is 16.3. The number of nitrogens with two attached hydrogens (primary N) is 1. The first-order valence-electron chi connectivity index (χ1n) is 6.93. The molecule has 0 aromatic heterocycles. The number of rotatable bonds is 7. The van der Waals surface area contributed by atoms with Gasteiger partial charge < -0.3 is 19.9 Å². The van der Waals surface area contributed by atoms with Crippen molar-refractivity contribution in [1.29, 1.82) is 0 Å². The molecule has 0 aliphatic carbocycles. The van der Waals surface area contributed by atoms with E-state index in [1.165, 1.54) is 12.8 Å². The Labute approximate surface area is 114 Å². The molecule has 1 aromatic carbocycles. The largest absolute Gasteiger partial charge is 0.454 e. The minimum Gasteiger partial charge on any atom is -0.454 e. The van der Waals surface area contributed by atoms with Crippen LogP contribution in [0.25, 0.3) is 0 Å². The third-order valence-corrected chi connectivity index (χ3v) is 3.31. The van der Waals surface area contributed by atoms with Gasteiger partial charge in [-0.1, -0.05) is 26.3 Å². The maximum Gasteiger partial charge on any atom is 0.231 e. The van der Waals surface area contributed by atoms with Crippen molar-refractivity contribution in [3.05, 3.63) is 23.8 Å². The molecule has 1 aliphatic rings. The fourth-order valence-corrected chi connectivity index (χ4v) is 2.21. The van der Waals surface area contributed by atoms with Crippen LogP contribution in [0.4, 0.5) is 0 Å². The molecule has 106 valence electrons. The molecule has 0 bridgehead atoms. The van der Waals surface area contributed by atoms with E-state index in [4.69, 9.17) is 19.9 Å². The highest BCUT2D eigenvalue weighted by molar-refractivity contribution is 5.45. The zero-order valence-corrected chi connectivity index (χ0v) is 11.7. The summed E-state index contributed by atoms with van der Waals surface area (Å²) in [5, 5.41) is 0. The van der Waals surface area contributed by atoms with Crippen molar-refractivity contribution < 1.29 is 14.2 Å². The van der Waals surface area contributed by atoms with Gasteiger partial charge in [0.1, 0.15) is 0 Å². The second-order valence-electron chi connectivity index (χ2n) is 5.15. The quantitative estimate of drug-likeness (QED) is 0.823. The van der Waals surface area contributed by atoms with E-state index < -0.39 is 0 Å². The maximum atomic E-state index is 6.13. The van der Waals surface area contributed by atoms with Crippen LogP contribution in [0.1, 0.15) is 38.3 Å². The van der Waals surface area contributed by atoms with Crippen LogP contribution in [0.15, 0.2) is 18.2 Å². The van der Waals surface area contributed by atoms with Crippen LogP contribution in [-0.2, 0) is 4.74 Å². The Balaban J connectivity index is 1.81. The Morgan fingerprint density at radius 3 is 2.84 bits per heavy atom. The van der Waals surface area contributed by atoms with E-state index in [0.29, 0.717) is 19.3 Å². The van der Waals surface area contributed by atoms with Crippen LogP contribution in [0.2, 0.25) is 0 Å². The van der Waals surface area contributed by atoms with E-state index in [-0.39, 0.29) is 6.04 Å². The van der Waals surface area contributed by atoms with Gasteiger partial charge in [0.05, 0.1) is 12.6 Å². The maximum absolute atomic E-state index is 6.13. The third kappa shape index (κ3) is 3.85. The molecule has 2 atom stereocenters. The smallest absolute Gasteiger partial charge is 0.231 e. The zero-order chi connectivity index (χ0) is 13.7. The fraction of sp³-hybridized carbons (Fsp3) is 0.600. The molecular weight excluding hydrogens is 242 g/mol. The molecule has 0 amide bonds. The summed E-state index contributed by atoms with van der Waals surface area (Å²) in [7, 11) is 0. The molecule has 1 aliphatic heterocycles. The molecule has 2 unspecified atom stereocenters. The lowest BCUT2D eigenvalue weighted by atomic mass is 10.1. The lowest BCUT2D eigenvalue weighted by molar-refractivity contribution is 0.0908. The second-order valence-corrected chi connectivity index (χ2v) is 5.15. The van der Waals surface area contributed by atoms with Crippen molar-refractivity contribution in [3.8, 4) is 11.5 Å². The van der Waals surface area contributed by atoms with Crippen LogP contribution in [0, 0.1) is 5.92 Å². The SMILES string of the molecule is CCCC(C)COCC(N)c1ccc2c(c1)OCO2. The number of ether oxygens (including phenoxy) is 3. The molecule has 0 spiro atoms. The van der Waals surface area contributed by atoms with Crippen molar-refractivity contribution in [2.45, 2.75) is 32.7 Å². The highest BCUT2D eigenvalue weighted by Crippen LogP contribution is 2.33. The molecule has 4 nitrogen and oxygen atoms in total. The van der Waals surface area contributed by atoms with Gasteiger partial charge in [-0.05, 0) is 30.0 Å². The van der Waals surface area contributed by atoms with Gasteiger partial charge in [-0.2, -0.15) is 0 Å². The zero-order valence-electron chi connectivity index (χ0n) is 11.7. The van der Waals surface area contributed by atoms with E-state index in [9.17, 15) is 0 Å². The van der Waals surface area contributed by atoms with Gasteiger partial charge in [-0.15, -0.1) is 0 Å². The molecule has 19 heavy (non-hydrogen) atoms. The fourth-order valence-electron chi connectivity index (χ4n) is 2.21. The summed E-state index contributed by atoms with van der Waals surface area (Å²) in [6.45, 7) is 5.99. The normalized spacial score (nSPS) is 16.4. The summed E-state index contributed by atoms with van der Waals surface area (Å²) >= 11 is 0. The number of hydrogen-bond donors (Lipinski definition) is 1. The summed E-state index contributed by atoms with van der Waals surface area (Å²) in [4.78, 5) is 0. The molecule has 1 heterocycles. The molecule has 0 radical (unpaired) electrons. The van der Waals surface area contributed by atoms with Gasteiger partial charge in [0.25, 0.3) is 0 Å². The summed E-state index contributed by atoms with van der Waals surface area (Å²) in [6.07, 6.45) is 2.39. The van der Waals surface area contributed by atoms with E-state index >= 15 is 0 Å². The lowest BCUT2D eigenvalue weighted by Gasteiger charge is -2.15. The van der Waals surface area contributed by atoms with Gasteiger partial charge >= 0.3 is 0 Å². The summed E-state index contributed by atoms with van der Waals surface area (Å²) in [5.41, 5.74) is 7.15. The highest BCUT2D eigenvalue weighted by Gasteiger charge is 2.16. The first-order valence-corrected chi connectivity index (χ1v) is 6.93. The number of fused-ring (bicyclic) bond motifs is 1. The minimum atomic E-state index is -0.122. The Morgan fingerprint density at radius 2 is 2.05 bits per heavy atom. The topological polar surface area (TPSA) is 53.7 Å². The molecular formula is C15H23NO3. The monoisotopic (exact) mass is 265 g/mol. The summed E-state index contributed by atoms with van der Waals surface area (Å²) in [5.74, 6) is 2.15. The first kappa shape index (κ1) is 14.2. The van der Waals surface area contributed by atoms with Crippen LogP contribution < -0.4 is 15.2 Å². The molecule has 2 rings (SSSR count). The van der Waals surface area contributed by atoms with Crippen LogP contribution >= 0.6 is 0 Å². The predicted molar refractivity (Wildman–Crippen MR) is 74.4 cm³/mol. The van der Waals surface area contributed by atoms with Crippen molar-refractivity contribution in [2.75, 3.05) is 20.0 Å². The van der Waals surface area contributed by atoms with E-state index in [0.717, 1.165) is 23.7 Å². The number of benzene rings is 1. The second kappa shape index (κ2) is 6.78. The average molecular weight is 265 g/mol. The van der Waals surface area contributed by atoms with Gasteiger partial charge in [-0.25, -0.2) is 0 Å². The van der Waals surface area contributed by atoms with Gasteiger partial charge in [-0.3, -0.25) is 0 Å². The molecule has 1 aromatic rings. The number of hydrogen-bond acceptors (Lipinski definition) is 4. The minimum absolute atomic E-state index is 0.122. The summed E-state index contributed by atoms with van der Waals surface area (Å²) in [6, 6.07) is 5.68. The van der Waals surface area contributed by atoms with Crippen LogP contribution in [0.3, 0.4) is 0 Å². The molecule has 4 heteroatoms. The van der Waals surface area contributed by atoms with Crippen LogP contribution in [0.5, 0.6) is 11.5 Å². The van der Waals surface area contributed by atoms with Crippen molar-refractivity contribution in [3.63, 3.8) is 0 Å². The predicted octanol–water partition coefficient (Wildman–Crippen LogP) is 2.87. The van der Waals surface area contributed by atoms with Gasteiger partial charge in [0.2, 0.25) is 6.79 Å². The molecule has 0 saturated carbocycles. The van der Waals surface area contributed by atoms with Crippen LogP contribution in [-0.4, -0.2) is 20.0 Å². The van der Waals surface area contributed by atoms with Gasteiger partial charge in [0, 0.05) is 6.61 Å². The van der Waals surface area contributed by atoms with Crippen molar-refractivity contribution in [2.24, 2.45) is 11.7 Å². The van der Waals surface area contributed by atoms with E-state index in [1.54, 1.807) is 0 Å². The Bertz CT molecular complexity index is 408. The molecule has 0 fully saturated rings. The standard InChI is InChI=1S/C15H23NO3/c1-3-4-11(2)8-17-9-13(16)12-5-6-14-15(7-12)19-10-18-14/h5-7,11,13H,3-4,8-10,16H2,1-2H3. The lowest BCUT2D eigenvalue weighted by Crippen LogP contribution is -2.19. The molecule has 2 N–H and O–H groups in total. The first-order chi connectivity index (χ1) is 9.20. The highest BCUT2D eigenvalue weighted by atomic mass is 16.7. The Kier molecular flexibility index (Phi) is 5.05. The van der Waals surface area contributed by atoms with Crippen molar-refractivity contribution in [1.82, 2.24) is 0 Å². The third-order valence-electron chi connectivity index (χ3n) is 3.31. The molecule has 0 saturated heterocycles.